The van der Waals surface area contributed by atoms with Crippen LogP contribution in [0.2, 0.25) is 10.0 Å². The van der Waals surface area contributed by atoms with Gasteiger partial charge in [0.1, 0.15) is 5.75 Å². The van der Waals surface area contributed by atoms with Gasteiger partial charge in [-0.05, 0) is 24.3 Å². The van der Waals surface area contributed by atoms with Gasteiger partial charge in [0.25, 0.3) is 5.89 Å². The van der Waals surface area contributed by atoms with Crippen LogP contribution in [0.1, 0.15) is 10.7 Å². The number of para-hydroxylation sites is 2. The molecule has 6 nitrogen and oxygen atoms in total. The third-order valence-electron chi connectivity index (χ3n) is 3.16. The number of halogens is 2. The van der Waals surface area contributed by atoms with Crippen molar-refractivity contribution in [3.63, 3.8) is 0 Å². The number of ether oxygens (including phenoxy) is 1. The number of nitrogens with one attached hydrogen (secondary N) is 1. The van der Waals surface area contributed by atoms with Crippen molar-refractivity contribution in [2.75, 3.05) is 12.4 Å². The summed E-state index contributed by atoms with van der Waals surface area (Å²) in [6.07, 6.45) is 0. The van der Waals surface area contributed by atoms with Crippen LogP contribution >= 0.6 is 23.2 Å². The minimum absolute atomic E-state index is 0.169. The average Bonchev–Trinajstić information content (AvgIpc) is 3.08. The monoisotopic (exact) mass is 363 g/mol. The largest absolute Gasteiger partial charge is 0.496 e. The van der Waals surface area contributed by atoms with Gasteiger partial charge in [0.2, 0.25) is 0 Å². The topological polar surface area (TPSA) is 77.2 Å². The lowest BCUT2D eigenvalue weighted by atomic mass is 10.2. The maximum atomic E-state index is 12.3. The van der Waals surface area contributed by atoms with Gasteiger partial charge in [0, 0.05) is 0 Å². The Kier molecular flexibility index (Phi) is 4.69. The van der Waals surface area contributed by atoms with Gasteiger partial charge < -0.3 is 14.5 Å². The number of benzene rings is 2. The molecule has 0 aliphatic rings. The summed E-state index contributed by atoms with van der Waals surface area (Å²) in [5.74, 6) is -0.101. The fourth-order valence-corrected chi connectivity index (χ4v) is 2.52. The first-order chi connectivity index (χ1) is 11.6. The van der Waals surface area contributed by atoms with Gasteiger partial charge in [-0.1, -0.05) is 41.4 Å². The standard InChI is InChI=1S/C16H11Cl2N3O3/c1-23-12-8-3-2-5-9(12)15-20-21-16(24-15)14(22)19-13-10(17)6-4-7-11(13)18/h2-8H,1H3,(H,19,22). The highest BCUT2D eigenvalue weighted by molar-refractivity contribution is 6.39. The molecule has 24 heavy (non-hydrogen) atoms. The summed E-state index contributed by atoms with van der Waals surface area (Å²) in [5.41, 5.74) is 0.866. The second-order valence-corrected chi connectivity index (χ2v) is 5.48. The molecule has 0 unspecified atom stereocenters. The highest BCUT2D eigenvalue weighted by atomic mass is 35.5. The second kappa shape index (κ2) is 6.90. The zero-order valence-corrected chi connectivity index (χ0v) is 13.9. The van der Waals surface area contributed by atoms with Gasteiger partial charge in [0.05, 0.1) is 28.4 Å². The fourth-order valence-electron chi connectivity index (χ4n) is 2.03. The van der Waals surface area contributed by atoms with Crippen molar-refractivity contribution in [3.8, 4) is 17.2 Å². The molecule has 0 fully saturated rings. The third kappa shape index (κ3) is 3.20. The minimum Gasteiger partial charge on any atom is -0.496 e. The van der Waals surface area contributed by atoms with Gasteiger partial charge in [-0.3, -0.25) is 4.79 Å². The Morgan fingerprint density at radius 2 is 1.79 bits per heavy atom. The SMILES string of the molecule is COc1ccccc1-c1nnc(C(=O)Nc2c(Cl)cccc2Cl)o1. The predicted molar refractivity (Wildman–Crippen MR) is 90.7 cm³/mol. The van der Waals surface area contributed by atoms with E-state index >= 15 is 0 Å². The molecular weight excluding hydrogens is 353 g/mol. The van der Waals surface area contributed by atoms with Crippen LogP contribution in [-0.4, -0.2) is 23.2 Å². The lowest BCUT2D eigenvalue weighted by Gasteiger charge is -2.06. The molecule has 0 aliphatic heterocycles. The number of hydrogen-bond donors (Lipinski definition) is 1. The Labute approximate surface area is 147 Å². The van der Waals surface area contributed by atoms with Crippen molar-refractivity contribution in [2.45, 2.75) is 0 Å². The van der Waals surface area contributed by atoms with Crippen LogP contribution < -0.4 is 10.1 Å². The number of methoxy groups -OCH3 is 1. The molecule has 1 heterocycles. The summed E-state index contributed by atoms with van der Waals surface area (Å²) < 4.78 is 10.7. The molecule has 0 saturated carbocycles. The van der Waals surface area contributed by atoms with E-state index in [-0.39, 0.29) is 17.5 Å². The van der Waals surface area contributed by atoms with E-state index < -0.39 is 5.91 Å². The Morgan fingerprint density at radius 1 is 1.08 bits per heavy atom. The number of amides is 1. The van der Waals surface area contributed by atoms with E-state index in [0.717, 1.165) is 0 Å². The summed E-state index contributed by atoms with van der Waals surface area (Å²) in [5, 5.41) is 10.8. The van der Waals surface area contributed by atoms with Crippen LogP contribution in [-0.2, 0) is 0 Å². The fraction of sp³-hybridized carbons (Fsp3) is 0.0625. The Bertz CT molecular complexity index is 876. The predicted octanol–water partition coefficient (Wildman–Crippen LogP) is 4.30. The molecule has 0 radical (unpaired) electrons. The van der Waals surface area contributed by atoms with E-state index in [9.17, 15) is 4.79 Å². The summed E-state index contributed by atoms with van der Waals surface area (Å²) in [7, 11) is 1.53. The van der Waals surface area contributed by atoms with Crippen molar-refractivity contribution < 1.29 is 13.9 Å². The van der Waals surface area contributed by atoms with Crippen LogP contribution in [0.15, 0.2) is 46.9 Å². The Hall–Kier alpha value is -2.57. The molecule has 0 bridgehead atoms. The quantitative estimate of drug-likeness (QED) is 0.747. The molecule has 1 amide bonds. The number of hydrogen-bond acceptors (Lipinski definition) is 5. The summed E-state index contributed by atoms with van der Waals surface area (Å²) in [6, 6.07) is 12.0. The van der Waals surface area contributed by atoms with Crippen LogP contribution in [0.3, 0.4) is 0 Å². The van der Waals surface area contributed by atoms with E-state index in [4.69, 9.17) is 32.4 Å². The van der Waals surface area contributed by atoms with Crippen LogP contribution in [0.4, 0.5) is 5.69 Å². The molecule has 122 valence electrons. The molecule has 3 aromatic rings. The van der Waals surface area contributed by atoms with Crippen molar-refractivity contribution in [1.29, 1.82) is 0 Å². The van der Waals surface area contributed by atoms with E-state index in [1.807, 2.05) is 6.07 Å². The van der Waals surface area contributed by atoms with Gasteiger partial charge in [-0.2, -0.15) is 0 Å². The number of nitrogens with zero attached hydrogens (tertiary/aromatic N) is 2. The molecule has 0 saturated heterocycles. The third-order valence-corrected chi connectivity index (χ3v) is 3.79. The van der Waals surface area contributed by atoms with Crippen molar-refractivity contribution in [1.82, 2.24) is 10.2 Å². The van der Waals surface area contributed by atoms with E-state index in [1.54, 1.807) is 36.4 Å². The molecule has 0 spiro atoms. The maximum Gasteiger partial charge on any atom is 0.313 e. The molecule has 1 N–H and O–H groups in total. The summed E-state index contributed by atoms with van der Waals surface area (Å²) in [6.45, 7) is 0. The van der Waals surface area contributed by atoms with Gasteiger partial charge >= 0.3 is 11.8 Å². The number of carbonyl (C=O) groups excluding carboxylic acids is 1. The zero-order valence-electron chi connectivity index (χ0n) is 12.4. The Morgan fingerprint density at radius 3 is 2.50 bits per heavy atom. The molecular formula is C16H11Cl2N3O3. The van der Waals surface area contributed by atoms with Gasteiger partial charge in [-0.15, -0.1) is 10.2 Å². The highest BCUT2D eigenvalue weighted by Crippen LogP contribution is 2.31. The number of rotatable bonds is 4. The first kappa shape index (κ1) is 16.3. The highest BCUT2D eigenvalue weighted by Gasteiger charge is 2.19. The molecule has 1 aromatic heterocycles. The molecule has 2 aromatic carbocycles. The average molecular weight is 364 g/mol. The van der Waals surface area contributed by atoms with E-state index in [0.29, 0.717) is 21.4 Å². The number of aromatic nitrogens is 2. The normalized spacial score (nSPS) is 10.5. The zero-order chi connectivity index (χ0) is 17.1. The van der Waals surface area contributed by atoms with E-state index in [2.05, 4.69) is 15.5 Å². The Balaban J connectivity index is 1.87. The number of carbonyl (C=O) groups is 1. The van der Waals surface area contributed by atoms with Crippen LogP contribution in [0.5, 0.6) is 5.75 Å². The minimum atomic E-state index is -0.612. The van der Waals surface area contributed by atoms with Crippen LogP contribution in [0.25, 0.3) is 11.5 Å². The van der Waals surface area contributed by atoms with Crippen LogP contribution in [0, 0.1) is 0 Å². The number of anilines is 1. The molecule has 0 aliphatic carbocycles. The molecule has 8 heteroatoms. The van der Waals surface area contributed by atoms with Crippen molar-refractivity contribution >= 4 is 34.8 Å². The second-order valence-electron chi connectivity index (χ2n) is 4.66. The van der Waals surface area contributed by atoms with Crippen molar-refractivity contribution in [3.05, 3.63) is 58.4 Å². The maximum absolute atomic E-state index is 12.3. The van der Waals surface area contributed by atoms with Crippen molar-refractivity contribution in [2.24, 2.45) is 0 Å². The first-order valence-electron chi connectivity index (χ1n) is 6.82. The molecule has 0 atom stereocenters. The van der Waals surface area contributed by atoms with Gasteiger partial charge in [-0.25, -0.2) is 0 Å². The van der Waals surface area contributed by atoms with Gasteiger partial charge in [0.15, 0.2) is 0 Å². The first-order valence-corrected chi connectivity index (χ1v) is 7.58. The van der Waals surface area contributed by atoms with E-state index in [1.165, 1.54) is 7.11 Å². The smallest absolute Gasteiger partial charge is 0.313 e. The summed E-state index contributed by atoms with van der Waals surface area (Å²) >= 11 is 12.0. The molecule has 3 rings (SSSR count). The summed E-state index contributed by atoms with van der Waals surface area (Å²) in [4.78, 5) is 12.3. The lowest BCUT2D eigenvalue weighted by Crippen LogP contribution is -2.13. The lowest BCUT2D eigenvalue weighted by molar-refractivity contribution is 0.0991.